The van der Waals surface area contributed by atoms with Gasteiger partial charge in [-0.05, 0) is 72.4 Å². The zero-order valence-electron chi connectivity index (χ0n) is 27.6. The molecule has 1 fully saturated rings. The van der Waals surface area contributed by atoms with E-state index in [0.29, 0.717) is 31.1 Å². The van der Waals surface area contributed by atoms with Crippen molar-refractivity contribution in [3.8, 4) is 6.57 Å². The van der Waals surface area contributed by atoms with Gasteiger partial charge in [0.05, 0.1) is 31.4 Å². The highest BCUT2D eigenvalue weighted by molar-refractivity contribution is 7.88. The fourth-order valence-corrected chi connectivity index (χ4v) is 8.01. The van der Waals surface area contributed by atoms with Crippen LogP contribution in [0.5, 0.6) is 0 Å². The smallest absolute Gasteiger partial charge is 0.355 e. The molecular weight excluding hydrogens is 682 g/mol. The van der Waals surface area contributed by atoms with Crippen LogP contribution in [0.25, 0.3) is 4.85 Å². The van der Waals surface area contributed by atoms with Crippen molar-refractivity contribution >= 4 is 33.2 Å². The number of nitrogens with one attached hydrogen (secondary N) is 2. The van der Waals surface area contributed by atoms with Gasteiger partial charge in [-0.15, -0.1) is 0 Å². The Morgan fingerprint density at radius 3 is 2.36 bits per heavy atom. The monoisotopic (exact) mass is 721 g/mol. The zero-order valence-corrected chi connectivity index (χ0v) is 29.2. The molecule has 1 aliphatic heterocycles. The van der Waals surface area contributed by atoms with Crippen LogP contribution < -0.4 is 10.6 Å². The molecule has 0 radical (unpaired) electrons. The molecule has 0 saturated carbocycles. The molecular formula is C38H40ClF2N4O4S+. The second-order valence-corrected chi connectivity index (χ2v) is 14.8. The van der Waals surface area contributed by atoms with Crippen LogP contribution in [0.3, 0.4) is 0 Å². The molecule has 1 aliphatic rings. The maximum Gasteiger partial charge on any atom is 0.355 e. The Hall–Kier alpha value is -4.18. The number of carbonyl (C=O) groups excluding carboxylic acids is 1. The SMILES string of the molecule is C#[N+]C(C(=O)Nc1cccc(F)c1CCC1CNCC(COCc2ccccc2)N1S(C)(=O)=O)C(Cc1ccc(F)cc1)c1ccc(Cl)cc1. The molecule has 50 heavy (non-hydrogen) atoms. The number of halogens is 3. The lowest BCUT2D eigenvalue weighted by atomic mass is 9.85. The largest absolute Gasteiger partial charge is 0.375 e. The summed E-state index contributed by atoms with van der Waals surface area (Å²) in [6, 6.07) is 24.9. The fourth-order valence-electron chi connectivity index (χ4n) is 6.48. The number of hydrogen-bond acceptors (Lipinski definition) is 5. The maximum atomic E-state index is 15.4. The molecule has 4 aromatic carbocycles. The van der Waals surface area contributed by atoms with Crippen molar-refractivity contribution in [2.45, 2.75) is 49.9 Å². The van der Waals surface area contributed by atoms with Gasteiger partial charge in [-0.3, -0.25) is 4.79 Å². The second-order valence-electron chi connectivity index (χ2n) is 12.4. The third-order valence-corrected chi connectivity index (χ3v) is 10.5. The van der Waals surface area contributed by atoms with Crippen molar-refractivity contribution in [2.24, 2.45) is 0 Å². The Morgan fingerprint density at radius 1 is 0.980 bits per heavy atom. The van der Waals surface area contributed by atoms with E-state index in [1.807, 2.05) is 30.3 Å². The van der Waals surface area contributed by atoms with Gasteiger partial charge in [0.15, 0.2) is 0 Å². The Balaban J connectivity index is 1.32. The average Bonchev–Trinajstić information content (AvgIpc) is 3.09. The van der Waals surface area contributed by atoms with E-state index in [0.717, 1.165) is 16.7 Å². The molecule has 1 heterocycles. The quantitative estimate of drug-likeness (QED) is 0.152. The Kier molecular flexibility index (Phi) is 12.7. The van der Waals surface area contributed by atoms with E-state index in [1.54, 1.807) is 42.5 Å². The molecule has 1 amide bonds. The minimum atomic E-state index is -3.65. The Bertz CT molecular complexity index is 1890. The molecule has 5 rings (SSSR count). The molecule has 4 atom stereocenters. The van der Waals surface area contributed by atoms with E-state index in [1.165, 1.54) is 34.8 Å². The normalized spacial score (nSPS) is 17.8. The summed E-state index contributed by atoms with van der Waals surface area (Å²) in [6.45, 7) is 7.17. The minimum absolute atomic E-state index is 0.138. The highest BCUT2D eigenvalue weighted by Crippen LogP contribution is 2.31. The fraction of sp³-hybridized carbons (Fsp3) is 0.316. The minimum Gasteiger partial charge on any atom is -0.375 e. The predicted molar refractivity (Wildman–Crippen MR) is 193 cm³/mol. The van der Waals surface area contributed by atoms with Gasteiger partial charge in [-0.2, -0.15) is 4.31 Å². The number of hydrogen-bond donors (Lipinski definition) is 2. The lowest BCUT2D eigenvalue weighted by Gasteiger charge is -2.40. The summed E-state index contributed by atoms with van der Waals surface area (Å²) in [4.78, 5) is 17.8. The summed E-state index contributed by atoms with van der Waals surface area (Å²) in [5.74, 6) is -2.04. The third kappa shape index (κ3) is 9.74. The molecule has 1 saturated heterocycles. The van der Waals surface area contributed by atoms with Gasteiger partial charge < -0.3 is 15.4 Å². The van der Waals surface area contributed by atoms with Gasteiger partial charge in [-0.25, -0.2) is 17.2 Å². The topological polar surface area (TPSA) is 92.1 Å². The third-order valence-electron chi connectivity index (χ3n) is 8.87. The Labute approximate surface area is 297 Å². The van der Waals surface area contributed by atoms with Crippen molar-refractivity contribution in [2.75, 3.05) is 31.3 Å². The van der Waals surface area contributed by atoms with Gasteiger partial charge in [0, 0.05) is 35.4 Å². The lowest BCUT2D eigenvalue weighted by Crippen LogP contribution is -2.60. The number of sulfonamides is 1. The standard InChI is InChI=1S/C38H39ClF2N4O4S/c1-42-37(34(28-13-15-29(39)16-14-28)21-26-11-17-30(40)18-12-26)38(46)44-36-10-6-9-35(41)33(36)20-19-31-22-43-23-32(45(31)50(2,47)48)25-49-24-27-7-4-3-5-8-27/h1,3-18,31-32,34,37,43H,19-25H2,2H3/p+1. The predicted octanol–water partition coefficient (Wildman–Crippen LogP) is 6.67. The highest BCUT2D eigenvalue weighted by atomic mass is 35.5. The summed E-state index contributed by atoms with van der Waals surface area (Å²) >= 11 is 6.13. The van der Waals surface area contributed by atoms with E-state index in [-0.39, 0.29) is 36.5 Å². The van der Waals surface area contributed by atoms with Crippen LogP contribution in [0, 0.1) is 18.2 Å². The zero-order chi connectivity index (χ0) is 35.7. The molecule has 0 spiro atoms. The van der Waals surface area contributed by atoms with E-state index < -0.39 is 45.8 Å². The molecule has 0 bridgehead atoms. The first-order valence-electron chi connectivity index (χ1n) is 16.3. The highest BCUT2D eigenvalue weighted by Gasteiger charge is 2.39. The van der Waals surface area contributed by atoms with Crippen molar-refractivity contribution in [3.63, 3.8) is 0 Å². The second kappa shape index (κ2) is 17.2. The number of nitrogens with zero attached hydrogens (tertiary/aromatic N) is 2. The summed E-state index contributed by atoms with van der Waals surface area (Å²) in [5.41, 5.74) is 2.94. The van der Waals surface area contributed by atoms with E-state index >= 15 is 4.39 Å². The van der Waals surface area contributed by atoms with Crippen molar-refractivity contribution < 1.29 is 26.7 Å². The summed E-state index contributed by atoms with van der Waals surface area (Å²) in [5, 5.41) is 6.65. The van der Waals surface area contributed by atoms with Gasteiger partial charge in [0.25, 0.3) is 6.57 Å². The molecule has 0 aromatic heterocycles. The van der Waals surface area contributed by atoms with Crippen LogP contribution >= 0.6 is 11.6 Å². The summed E-state index contributed by atoms with van der Waals surface area (Å²) in [7, 11) is -3.65. The van der Waals surface area contributed by atoms with Crippen LogP contribution in [0.4, 0.5) is 14.5 Å². The van der Waals surface area contributed by atoms with Crippen molar-refractivity contribution in [3.05, 3.63) is 141 Å². The first kappa shape index (κ1) is 37.1. The number of amides is 1. The molecule has 12 heteroatoms. The number of ether oxygens (including phenoxy) is 1. The number of piperazine rings is 1. The number of carbonyl (C=O) groups is 1. The molecule has 4 unspecified atom stereocenters. The van der Waals surface area contributed by atoms with Crippen LogP contribution in [0.1, 0.15) is 34.6 Å². The van der Waals surface area contributed by atoms with Gasteiger partial charge in [-0.1, -0.05) is 77.1 Å². The molecule has 262 valence electrons. The van der Waals surface area contributed by atoms with Crippen molar-refractivity contribution in [1.82, 2.24) is 9.62 Å². The first-order chi connectivity index (χ1) is 24.0. The molecule has 0 aliphatic carbocycles. The molecule has 8 nitrogen and oxygen atoms in total. The van der Waals surface area contributed by atoms with Crippen LogP contribution in [0.2, 0.25) is 5.02 Å². The van der Waals surface area contributed by atoms with Gasteiger partial charge >= 0.3 is 11.9 Å². The van der Waals surface area contributed by atoms with E-state index in [4.69, 9.17) is 22.9 Å². The molecule has 2 N–H and O–H groups in total. The number of benzene rings is 4. The summed E-state index contributed by atoms with van der Waals surface area (Å²) in [6.07, 6.45) is 1.90. The maximum absolute atomic E-state index is 15.4. The number of rotatable bonds is 14. The van der Waals surface area contributed by atoms with Gasteiger partial charge in [0.1, 0.15) is 11.6 Å². The van der Waals surface area contributed by atoms with Crippen molar-refractivity contribution in [1.29, 1.82) is 0 Å². The van der Waals surface area contributed by atoms with Gasteiger partial charge in [0.2, 0.25) is 10.0 Å². The van der Waals surface area contributed by atoms with E-state index in [9.17, 15) is 17.6 Å². The Morgan fingerprint density at radius 2 is 1.68 bits per heavy atom. The summed E-state index contributed by atoms with van der Waals surface area (Å²) < 4.78 is 62.6. The van der Waals surface area contributed by atoms with Crippen LogP contribution in [-0.2, 0) is 39.0 Å². The average molecular weight is 722 g/mol. The lowest BCUT2D eigenvalue weighted by molar-refractivity contribution is -0.117. The van der Waals surface area contributed by atoms with E-state index in [2.05, 4.69) is 15.5 Å². The molecule has 4 aromatic rings. The first-order valence-corrected chi connectivity index (χ1v) is 18.5. The number of anilines is 1. The van der Waals surface area contributed by atoms with Crippen LogP contribution in [0.15, 0.2) is 97.1 Å². The van der Waals surface area contributed by atoms with Crippen LogP contribution in [-0.4, -0.2) is 62.7 Å².